The Morgan fingerprint density at radius 2 is 1.79 bits per heavy atom. The summed E-state index contributed by atoms with van der Waals surface area (Å²) < 4.78 is 6.89. The van der Waals surface area contributed by atoms with Gasteiger partial charge in [-0.1, -0.05) is 23.4 Å². The molecule has 0 saturated carbocycles. The fraction of sp³-hybridized carbons (Fsp3) is 0.136. The molecule has 0 aliphatic heterocycles. The molecule has 0 fully saturated rings. The molecular weight excluding hydrogens is 466 g/mol. The predicted molar refractivity (Wildman–Crippen MR) is 125 cm³/mol. The van der Waals surface area contributed by atoms with E-state index >= 15 is 0 Å². The Kier molecular flexibility index (Phi) is 6.76. The molecule has 0 radical (unpaired) electrons. The van der Waals surface area contributed by atoms with Crippen molar-refractivity contribution in [2.24, 2.45) is 0 Å². The van der Waals surface area contributed by atoms with E-state index in [2.05, 4.69) is 20.2 Å². The number of ketones is 1. The van der Waals surface area contributed by atoms with Crippen LogP contribution in [-0.4, -0.2) is 43.4 Å². The molecule has 0 aliphatic rings. The molecule has 4 aromatic rings. The Morgan fingerprint density at radius 3 is 2.45 bits per heavy atom. The van der Waals surface area contributed by atoms with Crippen LogP contribution in [0.1, 0.15) is 21.9 Å². The summed E-state index contributed by atoms with van der Waals surface area (Å²) in [6, 6.07) is 15.2. The third-order valence-electron chi connectivity index (χ3n) is 4.69. The molecular formula is C22H18ClN5O4S. The number of aromatic amines is 2. The van der Waals surface area contributed by atoms with Crippen LogP contribution < -0.4 is 16.0 Å². The normalized spacial score (nSPS) is 10.8. The highest BCUT2D eigenvalue weighted by Crippen LogP contribution is 2.25. The maximum atomic E-state index is 12.7. The van der Waals surface area contributed by atoms with Crippen molar-refractivity contribution in [2.45, 2.75) is 11.6 Å². The summed E-state index contributed by atoms with van der Waals surface area (Å²) in [5.41, 5.74) is 0.561. The highest BCUT2D eigenvalue weighted by molar-refractivity contribution is 7.99. The minimum absolute atomic E-state index is 0.0752. The van der Waals surface area contributed by atoms with E-state index in [0.717, 1.165) is 5.69 Å². The van der Waals surface area contributed by atoms with E-state index in [1.807, 2.05) is 0 Å². The molecule has 0 amide bonds. The van der Waals surface area contributed by atoms with Gasteiger partial charge in [-0.3, -0.25) is 19.1 Å². The van der Waals surface area contributed by atoms with Crippen LogP contribution in [0, 0.1) is 0 Å². The fourth-order valence-corrected chi connectivity index (χ4v) is 4.12. The molecule has 33 heavy (non-hydrogen) atoms. The molecule has 4 rings (SSSR count). The van der Waals surface area contributed by atoms with Crippen molar-refractivity contribution in [3.8, 4) is 11.4 Å². The topological polar surface area (TPSA) is 123 Å². The number of hydrogen-bond donors (Lipinski definition) is 2. The van der Waals surface area contributed by atoms with E-state index in [1.54, 1.807) is 60.2 Å². The Bertz CT molecular complexity index is 1370. The molecule has 11 heteroatoms. The first-order chi connectivity index (χ1) is 15.9. The highest BCUT2D eigenvalue weighted by atomic mass is 35.5. The summed E-state index contributed by atoms with van der Waals surface area (Å²) in [6.07, 6.45) is 0.155. The van der Waals surface area contributed by atoms with Crippen molar-refractivity contribution in [2.75, 3.05) is 12.9 Å². The molecule has 9 nitrogen and oxygen atoms in total. The number of rotatable bonds is 8. The SMILES string of the molecule is COc1ccc(C(=O)CSc2nnc(Cc3cc(=O)[nH]c(=O)[nH]3)n2-c2ccc(Cl)cc2)cc1. The lowest BCUT2D eigenvalue weighted by Gasteiger charge is -2.10. The van der Waals surface area contributed by atoms with Crippen LogP contribution in [0.15, 0.2) is 69.3 Å². The van der Waals surface area contributed by atoms with E-state index in [0.29, 0.717) is 33.0 Å². The lowest BCUT2D eigenvalue weighted by molar-refractivity contribution is 0.102. The summed E-state index contributed by atoms with van der Waals surface area (Å²) in [6.45, 7) is 0. The molecule has 168 valence electrons. The zero-order valence-corrected chi connectivity index (χ0v) is 18.9. The minimum Gasteiger partial charge on any atom is -0.497 e. The van der Waals surface area contributed by atoms with E-state index in [-0.39, 0.29) is 18.0 Å². The Morgan fingerprint density at radius 1 is 1.06 bits per heavy atom. The Balaban J connectivity index is 1.62. The Hall–Kier alpha value is -3.63. The Labute approximate surface area is 196 Å². The standard InChI is InChI=1S/C22H18ClN5O4S/c1-32-17-8-2-13(3-9-17)18(29)12-33-22-27-26-19(10-15-11-20(30)25-21(31)24-15)28(22)16-6-4-14(23)5-7-16/h2-9,11H,10,12H2,1H3,(H2,24,25,30,31). The predicted octanol–water partition coefficient (Wildman–Crippen LogP) is 2.87. The monoisotopic (exact) mass is 483 g/mol. The first-order valence-corrected chi connectivity index (χ1v) is 11.1. The quantitative estimate of drug-likeness (QED) is 0.292. The number of nitrogens with one attached hydrogen (secondary N) is 2. The van der Waals surface area contributed by atoms with Gasteiger partial charge in [0, 0.05) is 34.5 Å². The van der Waals surface area contributed by atoms with E-state index < -0.39 is 11.2 Å². The zero-order valence-electron chi connectivity index (χ0n) is 17.4. The molecule has 0 atom stereocenters. The average molecular weight is 484 g/mol. The molecule has 0 bridgehead atoms. The number of aromatic nitrogens is 5. The van der Waals surface area contributed by atoms with Gasteiger partial charge in [0.2, 0.25) is 0 Å². The molecule has 0 saturated heterocycles. The average Bonchev–Trinajstić information content (AvgIpc) is 3.19. The number of nitrogens with zero attached hydrogens (tertiary/aromatic N) is 3. The van der Waals surface area contributed by atoms with Crippen LogP contribution in [0.2, 0.25) is 5.02 Å². The summed E-state index contributed by atoms with van der Waals surface area (Å²) in [5, 5.41) is 9.54. The van der Waals surface area contributed by atoms with Crippen molar-refractivity contribution < 1.29 is 9.53 Å². The van der Waals surface area contributed by atoms with Gasteiger partial charge in [0.1, 0.15) is 11.6 Å². The van der Waals surface area contributed by atoms with Gasteiger partial charge >= 0.3 is 5.69 Å². The van der Waals surface area contributed by atoms with Crippen LogP contribution in [0.4, 0.5) is 0 Å². The number of carbonyl (C=O) groups excluding carboxylic acids is 1. The van der Waals surface area contributed by atoms with Gasteiger partial charge in [-0.2, -0.15) is 0 Å². The first-order valence-electron chi connectivity index (χ1n) is 9.76. The number of ether oxygens (including phenoxy) is 1. The second-order valence-corrected chi connectivity index (χ2v) is 8.32. The first kappa shape index (κ1) is 22.6. The molecule has 0 aliphatic carbocycles. The molecule has 2 heterocycles. The number of carbonyl (C=O) groups is 1. The van der Waals surface area contributed by atoms with Crippen molar-refractivity contribution in [3.63, 3.8) is 0 Å². The third-order valence-corrected chi connectivity index (χ3v) is 5.88. The number of methoxy groups -OCH3 is 1. The van der Waals surface area contributed by atoms with Gasteiger partial charge < -0.3 is 9.72 Å². The molecule has 0 spiro atoms. The van der Waals surface area contributed by atoms with Crippen molar-refractivity contribution in [1.82, 2.24) is 24.7 Å². The van der Waals surface area contributed by atoms with Crippen molar-refractivity contribution in [3.05, 3.63) is 97.5 Å². The number of Topliss-reactive ketones (excluding diaryl/α,β-unsaturated/α-hetero) is 1. The van der Waals surface area contributed by atoms with Crippen molar-refractivity contribution >= 4 is 29.1 Å². The third kappa shape index (κ3) is 5.41. The molecule has 2 aromatic heterocycles. The summed E-state index contributed by atoms with van der Waals surface area (Å²) >= 11 is 7.26. The van der Waals surface area contributed by atoms with Gasteiger partial charge in [-0.25, -0.2) is 4.79 Å². The number of benzene rings is 2. The maximum absolute atomic E-state index is 12.7. The van der Waals surface area contributed by atoms with E-state index in [1.165, 1.54) is 17.8 Å². The van der Waals surface area contributed by atoms with Gasteiger partial charge in [0.25, 0.3) is 5.56 Å². The van der Waals surface area contributed by atoms with Crippen LogP contribution in [0.25, 0.3) is 5.69 Å². The number of thioether (sulfide) groups is 1. The summed E-state index contributed by atoms with van der Waals surface area (Å²) in [4.78, 5) is 40.7. The van der Waals surface area contributed by atoms with Crippen LogP contribution >= 0.6 is 23.4 Å². The van der Waals surface area contributed by atoms with Crippen LogP contribution in [-0.2, 0) is 6.42 Å². The van der Waals surface area contributed by atoms with Crippen LogP contribution in [0.3, 0.4) is 0 Å². The van der Waals surface area contributed by atoms with Gasteiger partial charge in [0.05, 0.1) is 12.9 Å². The number of H-pyrrole nitrogens is 2. The lowest BCUT2D eigenvalue weighted by atomic mass is 10.1. The van der Waals surface area contributed by atoms with Gasteiger partial charge in [0.15, 0.2) is 10.9 Å². The van der Waals surface area contributed by atoms with Crippen LogP contribution in [0.5, 0.6) is 5.75 Å². The maximum Gasteiger partial charge on any atom is 0.325 e. The van der Waals surface area contributed by atoms with E-state index in [4.69, 9.17) is 16.3 Å². The number of hydrogen-bond acceptors (Lipinski definition) is 7. The van der Waals surface area contributed by atoms with Gasteiger partial charge in [-0.15, -0.1) is 10.2 Å². The van der Waals surface area contributed by atoms with E-state index in [9.17, 15) is 14.4 Å². The summed E-state index contributed by atoms with van der Waals surface area (Å²) in [5.74, 6) is 1.22. The second kappa shape index (κ2) is 9.88. The van der Waals surface area contributed by atoms with Crippen molar-refractivity contribution in [1.29, 1.82) is 0 Å². The minimum atomic E-state index is -0.602. The molecule has 2 aromatic carbocycles. The molecule has 0 unspecified atom stereocenters. The summed E-state index contributed by atoms with van der Waals surface area (Å²) in [7, 11) is 1.56. The fourth-order valence-electron chi connectivity index (χ4n) is 3.13. The second-order valence-electron chi connectivity index (χ2n) is 6.94. The number of halogens is 1. The zero-order chi connectivity index (χ0) is 23.4. The smallest absolute Gasteiger partial charge is 0.325 e. The highest BCUT2D eigenvalue weighted by Gasteiger charge is 2.17. The molecule has 2 N–H and O–H groups in total. The lowest BCUT2D eigenvalue weighted by Crippen LogP contribution is -2.23. The van der Waals surface area contributed by atoms with Gasteiger partial charge in [-0.05, 0) is 48.5 Å². The largest absolute Gasteiger partial charge is 0.497 e.